The number of aliphatic hydroxyl groups excluding tert-OH is 1. The van der Waals surface area contributed by atoms with E-state index in [1.165, 1.54) is 57.8 Å². The van der Waals surface area contributed by atoms with Crippen LogP contribution in [-0.4, -0.2) is 23.3 Å². The van der Waals surface area contributed by atoms with Crippen molar-refractivity contribution in [3.8, 4) is 0 Å². The minimum Gasteiger partial charge on any atom is -0.463 e. The van der Waals surface area contributed by atoms with Crippen LogP contribution >= 0.6 is 0 Å². The lowest BCUT2D eigenvalue weighted by Gasteiger charge is -2.09. The molecule has 1 unspecified atom stereocenters. The van der Waals surface area contributed by atoms with Gasteiger partial charge in [-0.3, -0.25) is 4.79 Å². The number of hydrogen-bond acceptors (Lipinski definition) is 3. The summed E-state index contributed by atoms with van der Waals surface area (Å²) in [5.74, 6) is -0.0511. The molecule has 0 spiro atoms. The minimum absolute atomic E-state index is 0.0112. The molecular formula is C21H42O3. The summed E-state index contributed by atoms with van der Waals surface area (Å²) in [7, 11) is 0. The Morgan fingerprint density at radius 3 is 1.75 bits per heavy atom. The lowest BCUT2D eigenvalue weighted by Crippen LogP contribution is -2.10. The maximum atomic E-state index is 11.4. The molecule has 0 aromatic heterocycles. The van der Waals surface area contributed by atoms with Crippen molar-refractivity contribution >= 4 is 5.97 Å². The van der Waals surface area contributed by atoms with Crippen LogP contribution in [0, 0.1) is 0 Å². The molecule has 0 aromatic carbocycles. The van der Waals surface area contributed by atoms with Crippen LogP contribution in [0.15, 0.2) is 0 Å². The third-order valence-electron chi connectivity index (χ3n) is 4.43. The van der Waals surface area contributed by atoms with Crippen molar-refractivity contribution in [3.05, 3.63) is 0 Å². The van der Waals surface area contributed by atoms with E-state index in [0.29, 0.717) is 6.42 Å². The van der Waals surface area contributed by atoms with Crippen molar-refractivity contribution in [1.82, 2.24) is 0 Å². The van der Waals surface area contributed by atoms with Crippen LogP contribution < -0.4 is 0 Å². The number of ether oxygens (including phenoxy) is 1. The fourth-order valence-corrected chi connectivity index (χ4v) is 2.97. The highest BCUT2D eigenvalue weighted by atomic mass is 16.5. The molecule has 3 nitrogen and oxygen atoms in total. The molecule has 0 saturated heterocycles. The summed E-state index contributed by atoms with van der Waals surface area (Å²) >= 11 is 0. The third kappa shape index (κ3) is 17.8. The van der Waals surface area contributed by atoms with E-state index in [1.807, 2.05) is 13.8 Å². The largest absolute Gasteiger partial charge is 0.463 e. The van der Waals surface area contributed by atoms with E-state index in [0.717, 1.165) is 32.1 Å². The molecule has 0 aliphatic rings. The molecule has 24 heavy (non-hydrogen) atoms. The van der Waals surface area contributed by atoms with Crippen LogP contribution in [0.4, 0.5) is 0 Å². The summed E-state index contributed by atoms with van der Waals surface area (Å²) in [6.45, 7) is 5.96. The van der Waals surface area contributed by atoms with Gasteiger partial charge in [0.1, 0.15) is 0 Å². The van der Waals surface area contributed by atoms with Gasteiger partial charge >= 0.3 is 5.97 Å². The van der Waals surface area contributed by atoms with Crippen LogP contribution in [0.3, 0.4) is 0 Å². The Balaban J connectivity index is 3.16. The number of esters is 1. The first-order valence-corrected chi connectivity index (χ1v) is 10.4. The fourth-order valence-electron chi connectivity index (χ4n) is 2.97. The molecule has 1 atom stereocenters. The normalized spacial score (nSPS) is 12.5. The van der Waals surface area contributed by atoms with Gasteiger partial charge in [-0.1, -0.05) is 77.6 Å². The average molecular weight is 343 g/mol. The summed E-state index contributed by atoms with van der Waals surface area (Å²) in [6, 6.07) is 0. The van der Waals surface area contributed by atoms with Crippen LogP contribution in [0.2, 0.25) is 0 Å². The zero-order valence-electron chi connectivity index (χ0n) is 16.5. The maximum Gasteiger partial charge on any atom is 0.306 e. The second-order valence-electron chi connectivity index (χ2n) is 7.41. The molecule has 3 heteroatoms. The van der Waals surface area contributed by atoms with Gasteiger partial charge < -0.3 is 9.84 Å². The van der Waals surface area contributed by atoms with E-state index < -0.39 is 0 Å². The van der Waals surface area contributed by atoms with Gasteiger partial charge in [0.15, 0.2) is 0 Å². The summed E-state index contributed by atoms with van der Waals surface area (Å²) in [6.07, 6.45) is 17.2. The molecular weight excluding hydrogens is 300 g/mol. The van der Waals surface area contributed by atoms with Gasteiger partial charge in [0.2, 0.25) is 0 Å². The van der Waals surface area contributed by atoms with Crippen molar-refractivity contribution in [2.75, 3.05) is 0 Å². The number of carbonyl (C=O) groups is 1. The highest BCUT2D eigenvalue weighted by Gasteiger charge is 2.04. The molecule has 0 bridgehead atoms. The van der Waals surface area contributed by atoms with Crippen molar-refractivity contribution in [1.29, 1.82) is 0 Å². The second-order valence-corrected chi connectivity index (χ2v) is 7.41. The van der Waals surface area contributed by atoms with Gasteiger partial charge in [0.25, 0.3) is 0 Å². The Bertz CT molecular complexity index is 276. The van der Waals surface area contributed by atoms with Crippen molar-refractivity contribution in [2.45, 2.75) is 129 Å². The van der Waals surface area contributed by atoms with Gasteiger partial charge in [-0.15, -0.1) is 0 Å². The van der Waals surface area contributed by atoms with Gasteiger partial charge in [-0.05, 0) is 33.1 Å². The molecule has 0 amide bonds. The zero-order valence-corrected chi connectivity index (χ0v) is 16.5. The lowest BCUT2D eigenvalue weighted by atomic mass is 10.0. The van der Waals surface area contributed by atoms with Crippen molar-refractivity contribution in [2.24, 2.45) is 0 Å². The van der Waals surface area contributed by atoms with Crippen molar-refractivity contribution in [3.63, 3.8) is 0 Å². The summed E-state index contributed by atoms with van der Waals surface area (Å²) in [5, 5.41) is 9.77. The predicted octanol–water partition coefficient (Wildman–Crippen LogP) is 6.17. The number of hydrogen-bond donors (Lipinski definition) is 1. The molecule has 0 saturated carbocycles. The Kier molecular flexibility index (Phi) is 16.8. The first-order chi connectivity index (χ1) is 11.6. The van der Waals surface area contributed by atoms with E-state index in [2.05, 4.69) is 6.92 Å². The van der Waals surface area contributed by atoms with Crippen LogP contribution in [-0.2, 0) is 9.53 Å². The van der Waals surface area contributed by atoms with Crippen LogP contribution in [0.1, 0.15) is 117 Å². The molecule has 0 aliphatic heterocycles. The molecule has 144 valence electrons. The smallest absolute Gasteiger partial charge is 0.306 e. The monoisotopic (exact) mass is 342 g/mol. The Hall–Kier alpha value is -0.570. The maximum absolute atomic E-state index is 11.4. The van der Waals surface area contributed by atoms with Crippen LogP contribution in [0.25, 0.3) is 0 Å². The topological polar surface area (TPSA) is 46.5 Å². The zero-order chi connectivity index (χ0) is 18.0. The summed E-state index contributed by atoms with van der Waals surface area (Å²) in [4.78, 5) is 11.4. The van der Waals surface area contributed by atoms with Crippen molar-refractivity contribution < 1.29 is 14.6 Å². The second kappa shape index (κ2) is 17.3. The molecule has 0 radical (unpaired) electrons. The number of unbranched alkanes of at least 4 members (excludes halogenated alkanes) is 10. The van der Waals surface area contributed by atoms with E-state index in [-0.39, 0.29) is 18.2 Å². The highest BCUT2D eigenvalue weighted by molar-refractivity contribution is 5.69. The number of aliphatic hydroxyl groups is 1. The SMILES string of the molecule is CCCCC(O)CCCCCCCCCCCCC(=O)OC(C)C. The van der Waals surface area contributed by atoms with E-state index in [1.54, 1.807) is 0 Å². The van der Waals surface area contributed by atoms with Gasteiger partial charge in [0, 0.05) is 6.42 Å². The summed E-state index contributed by atoms with van der Waals surface area (Å²) < 4.78 is 5.12. The molecule has 0 fully saturated rings. The minimum atomic E-state index is -0.0669. The summed E-state index contributed by atoms with van der Waals surface area (Å²) in [5.41, 5.74) is 0. The molecule has 0 heterocycles. The molecule has 0 aromatic rings. The quantitative estimate of drug-likeness (QED) is 0.254. The van der Waals surface area contributed by atoms with Gasteiger partial charge in [-0.25, -0.2) is 0 Å². The molecule has 0 aliphatic carbocycles. The predicted molar refractivity (Wildman–Crippen MR) is 102 cm³/mol. The Morgan fingerprint density at radius 1 is 0.792 bits per heavy atom. The van der Waals surface area contributed by atoms with Gasteiger partial charge in [-0.2, -0.15) is 0 Å². The lowest BCUT2D eigenvalue weighted by molar-refractivity contribution is -0.147. The average Bonchev–Trinajstić information content (AvgIpc) is 2.53. The van der Waals surface area contributed by atoms with E-state index in [9.17, 15) is 9.90 Å². The third-order valence-corrected chi connectivity index (χ3v) is 4.43. The Morgan fingerprint density at radius 2 is 1.25 bits per heavy atom. The fraction of sp³-hybridized carbons (Fsp3) is 0.952. The standard InChI is InChI=1S/C21H42O3/c1-4-5-16-20(22)17-14-12-10-8-6-7-9-11-13-15-18-21(23)24-19(2)3/h19-20,22H,4-18H2,1-3H3. The highest BCUT2D eigenvalue weighted by Crippen LogP contribution is 2.14. The molecule has 0 rings (SSSR count). The molecule has 1 N–H and O–H groups in total. The van der Waals surface area contributed by atoms with E-state index in [4.69, 9.17) is 4.74 Å². The Labute approximate surface area is 150 Å². The number of rotatable bonds is 17. The van der Waals surface area contributed by atoms with E-state index >= 15 is 0 Å². The van der Waals surface area contributed by atoms with Crippen LogP contribution in [0.5, 0.6) is 0 Å². The first kappa shape index (κ1) is 23.4. The first-order valence-electron chi connectivity index (χ1n) is 10.4. The number of carbonyl (C=O) groups excluding carboxylic acids is 1. The van der Waals surface area contributed by atoms with Gasteiger partial charge in [0.05, 0.1) is 12.2 Å².